The van der Waals surface area contributed by atoms with Crippen LogP contribution in [0.25, 0.3) is 26.9 Å². The molecule has 0 bridgehead atoms. The van der Waals surface area contributed by atoms with E-state index in [1.807, 2.05) is 42.5 Å². The van der Waals surface area contributed by atoms with E-state index in [1.165, 1.54) is 10.3 Å². The highest BCUT2D eigenvalue weighted by Gasteiger charge is 2.07. The van der Waals surface area contributed by atoms with E-state index in [1.54, 1.807) is 35.7 Å². The fourth-order valence-electron chi connectivity index (χ4n) is 2.81. The van der Waals surface area contributed by atoms with Gasteiger partial charge in [0.1, 0.15) is 5.01 Å². The van der Waals surface area contributed by atoms with Crippen molar-refractivity contribution in [2.45, 2.75) is 6.92 Å². The maximum Gasteiger partial charge on any atom is 0.323 e. The molecule has 0 fully saturated rings. The van der Waals surface area contributed by atoms with Gasteiger partial charge < -0.3 is 10.6 Å². The van der Waals surface area contributed by atoms with E-state index in [4.69, 9.17) is 16.6 Å². The number of benzene rings is 3. The zero-order valence-electron chi connectivity index (χ0n) is 15.6. The number of carbonyl (C=O) groups excluding carboxylic acids is 1. The largest absolute Gasteiger partial charge is 0.323 e. The molecule has 1 aromatic heterocycles. The van der Waals surface area contributed by atoms with Crippen molar-refractivity contribution in [3.63, 3.8) is 0 Å². The first kappa shape index (κ1) is 19.2. The average Bonchev–Trinajstić information content (AvgIpc) is 3.13. The number of nitrogens with one attached hydrogen (secondary N) is 2. The number of urea groups is 1. The second kappa shape index (κ2) is 8.47. The SMILES string of the molecule is Cc1ccc2nc(-c3ccc(NC(=O)N/C=C/c4ccc(Cl)cc4)cc3)sc2c1. The van der Waals surface area contributed by atoms with Gasteiger partial charge in [-0.05, 0) is 72.7 Å². The van der Waals surface area contributed by atoms with Gasteiger partial charge in [0, 0.05) is 22.5 Å². The lowest BCUT2D eigenvalue weighted by Crippen LogP contribution is -2.23. The fourth-order valence-corrected chi connectivity index (χ4v) is 4.00. The Morgan fingerprint density at radius 3 is 2.55 bits per heavy atom. The number of anilines is 1. The monoisotopic (exact) mass is 419 g/mol. The molecule has 4 aromatic rings. The smallest absolute Gasteiger partial charge is 0.314 e. The number of fused-ring (bicyclic) bond motifs is 1. The maximum absolute atomic E-state index is 12.1. The van der Waals surface area contributed by atoms with Crippen LogP contribution >= 0.6 is 22.9 Å². The van der Waals surface area contributed by atoms with Crippen LogP contribution in [0.4, 0.5) is 10.5 Å². The van der Waals surface area contributed by atoms with Gasteiger partial charge in [0.15, 0.2) is 0 Å². The van der Waals surface area contributed by atoms with E-state index in [-0.39, 0.29) is 6.03 Å². The van der Waals surface area contributed by atoms with Gasteiger partial charge in [-0.3, -0.25) is 0 Å². The quantitative estimate of drug-likeness (QED) is 0.386. The van der Waals surface area contributed by atoms with Gasteiger partial charge in [0.2, 0.25) is 0 Å². The van der Waals surface area contributed by atoms with Gasteiger partial charge >= 0.3 is 6.03 Å². The molecule has 0 aliphatic rings. The van der Waals surface area contributed by atoms with E-state index in [2.05, 4.69) is 29.7 Å². The van der Waals surface area contributed by atoms with Gasteiger partial charge in [-0.1, -0.05) is 29.8 Å². The third-order valence-electron chi connectivity index (χ3n) is 4.29. The van der Waals surface area contributed by atoms with Crippen LogP contribution in [0.2, 0.25) is 5.02 Å². The van der Waals surface area contributed by atoms with Crippen molar-refractivity contribution in [2.75, 3.05) is 5.32 Å². The second-order valence-electron chi connectivity index (χ2n) is 6.55. The first-order valence-electron chi connectivity index (χ1n) is 9.04. The minimum atomic E-state index is -0.307. The molecule has 0 saturated heterocycles. The van der Waals surface area contributed by atoms with E-state index >= 15 is 0 Å². The number of hydrogen-bond acceptors (Lipinski definition) is 3. The van der Waals surface area contributed by atoms with Crippen molar-refractivity contribution in [1.82, 2.24) is 10.3 Å². The molecule has 3 aromatic carbocycles. The van der Waals surface area contributed by atoms with Crippen LogP contribution in [0.1, 0.15) is 11.1 Å². The Balaban J connectivity index is 1.38. The number of nitrogens with zero attached hydrogens (tertiary/aromatic N) is 1. The standard InChI is InChI=1S/C23H18ClN3OS/c1-15-2-11-20-21(14-15)29-22(27-20)17-5-9-19(10-6-17)26-23(28)25-13-12-16-3-7-18(24)8-4-16/h2-14H,1H3,(H2,25,26,28)/b13-12+. The van der Waals surface area contributed by atoms with Gasteiger partial charge in [0.25, 0.3) is 0 Å². The molecular weight excluding hydrogens is 402 g/mol. The van der Waals surface area contributed by atoms with Gasteiger partial charge in [-0.2, -0.15) is 0 Å². The summed E-state index contributed by atoms with van der Waals surface area (Å²) in [7, 11) is 0. The minimum absolute atomic E-state index is 0.307. The summed E-state index contributed by atoms with van der Waals surface area (Å²) in [6.45, 7) is 2.08. The summed E-state index contributed by atoms with van der Waals surface area (Å²) in [5.74, 6) is 0. The van der Waals surface area contributed by atoms with Gasteiger partial charge in [-0.15, -0.1) is 11.3 Å². The number of rotatable bonds is 4. The van der Waals surface area contributed by atoms with Crippen molar-refractivity contribution < 1.29 is 4.79 Å². The molecule has 0 saturated carbocycles. The summed E-state index contributed by atoms with van der Waals surface area (Å²) in [6, 6.07) is 21.0. The lowest BCUT2D eigenvalue weighted by Gasteiger charge is -2.05. The molecule has 0 unspecified atom stereocenters. The molecule has 2 N–H and O–H groups in total. The Hall–Kier alpha value is -3.15. The molecule has 6 heteroatoms. The zero-order valence-corrected chi connectivity index (χ0v) is 17.2. The molecular formula is C23H18ClN3OS. The van der Waals surface area contributed by atoms with Crippen LogP contribution in [-0.4, -0.2) is 11.0 Å². The van der Waals surface area contributed by atoms with Crippen molar-refractivity contribution in [1.29, 1.82) is 0 Å². The van der Waals surface area contributed by atoms with Crippen LogP contribution in [0.5, 0.6) is 0 Å². The van der Waals surface area contributed by atoms with E-state index < -0.39 is 0 Å². The predicted molar refractivity (Wildman–Crippen MR) is 122 cm³/mol. The summed E-state index contributed by atoms with van der Waals surface area (Å²) >= 11 is 7.52. The highest BCUT2D eigenvalue weighted by molar-refractivity contribution is 7.21. The Morgan fingerprint density at radius 2 is 1.79 bits per heavy atom. The molecule has 4 rings (SSSR count). The zero-order chi connectivity index (χ0) is 20.2. The lowest BCUT2D eigenvalue weighted by atomic mass is 10.2. The van der Waals surface area contributed by atoms with Crippen molar-refractivity contribution in [3.05, 3.63) is 89.1 Å². The summed E-state index contributed by atoms with van der Waals surface area (Å²) in [6.07, 6.45) is 3.39. The number of hydrogen-bond donors (Lipinski definition) is 2. The van der Waals surface area contributed by atoms with Crippen molar-refractivity contribution >= 4 is 50.9 Å². The van der Waals surface area contributed by atoms with Crippen LogP contribution in [0.15, 0.2) is 72.9 Å². The molecule has 0 spiro atoms. The lowest BCUT2D eigenvalue weighted by molar-refractivity contribution is 0.255. The highest BCUT2D eigenvalue weighted by Crippen LogP contribution is 2.31. The maximum atomic E-state index is 12.1. The molecule has 0 aliphatic carbocycles. The van der Waals surface area contributed by atoms with Crippen molar-refractivity contribution in [3.8, 4) is 10.6 Å². The van der Waals surface area contributed by atoms with E-state index in [0.29, 0.717) is 10.7 Å². The molecule has 0 radical (unpaired) electrons. The summed E-state index contributed by atoms with van der Waals surface area (Å²) in [5.41, 5.74) is 4.92. The van der Waals surface area contributed by atoms with Crippen molar-refractivity contribution in [2.24, 2.45) is 0 Å². The summed E-state index contributed by atoms with van der Waals surface area (Å²) in [5, 5.41) is 7.14. The normalized spacial score (nSPS) is 11.1. The summed E-state index contributed by atoms with van der Waals surface area (Å²) < 4.78 is 1.18. The Labute approximate surface area is 177 Å². The molecule has 2 amide bonds. The Kier molecular flexibility index (Phi) is 5.60. The van der Waals surface area contributed by atoms with Gasteiger partial charge in [-0.25, -0.2) is 9.78 Å². The molecule has 144 valence electrons. The minimum Gasteiger partial charge on any atom is -0.314 e. The van der Waals surface area contributed by atoms with Crippen LogP contribution in [0, 0.1) is 6.92 Å². The number of halogens is 1. The van der Waals surface area contributed by atoms with E-state index in [0.717, 1.165) is 21.7 Å². The number of thiazole rings is 1. The molecule has 29 heavy (non-hydrogen) atoms. The first-order valence-corrected chi connectivity index (χ1v) is 10.2. The van der Waals surface area contributed by atoms with Crippen LogP contribution in [0.3, 0.4) is 0 Å². The molecule has 4 nitrogen and oxygen atoms in total. The van der Waals surface area contributed by atoms with Crippen LogP contribution in [-0.2, 0) is 0 Å². The third kappa shape index (κ3) is 4.83. The predicted octanol–water partition coefficient (Wildman–Crippen LogP) is 6.72. The molecule has 1 heterocycles. The summed E-state index contributed by atoms with van der Waals surface area (Å²) in [4.78, 5) is 16.7. The Morgan fingerprint density at radius 1 is 1.03 bits per heavy atom. The second-order valence-corrected chi connectivity index (χ2v) is 8.02. The average molecular weight is 420 g/mol. The number of carbonyl (C=O) groups is 1. The number of amides is 2. The third-order valence-corrected chi connectivity index (χ3v) is 5.61. The molecule has 0 aliphatic heterocycles. The van der Waals surface area contributed by atoms with E-state index in [9.17, 15) is 4.79 Å². The van der Waals surface area contributed by atoms with Gasteiger partial charge in [0.05, 0.1) is 10.2 Å². The topological polar surface area (TPSA) is 54.0 Å². The number of aromatic nitrogens is 1. The number of aryl methyl sites for hydroxylation is 1. The Bertz CT molecular complexity index is 1180. The fraction of sp³-hybridized carbons (Fsp3) is 0.0435. The van der Waals surface area contributed by atoms with Crippen LogP contribution < -0.4 is 10.6 Å². The molecule has 0 atom stereocenters. The highest BCUT2D eigenvalue weighted by atomic mass is 35.5. The first-order chi connectivity index (χ1) is 14.1.